The molecule has 1 aliphatic heterocycles. The second-order valence-electron chi connectivity index (χ2n) is 10.2. The van der Waals surface area contributed by atoms with Crippen molar-refractivity contribution >= 4 is 39.8 Å². The van der Waals surface area contributed by atoms with Crippen molar-refractivity contribution in [2.45, 2.75) is 91.3 Å². The van der Waals surface area contributed by atoms with E-state index in [-0.39, 0.29) is 23.9 Å². The van der Waals surface area contributed by atoms with Crippen LogP contribution in [-0.2, 0) is 49.3 Å². The van der Waals surface area contributed by atoms with E-state index in [0.717, 1.165) is 27.7 Å². The molecule has 0 bridgehead atoms. The van der Waals surface area contributed by atoms with Gasteiger partial charge in [0, 0.05) is 55.9 Å². The second-order valence-corrected chi connectivity index (χ2v) is 11.1. The van der Waals surface area contributed by atoms with Crippen LogP contribution >= 0.6 is 15.9 Å². The minimum atomic E-state index is -2.94. The molecule has 1 N–H and O–H groups in total. The van der Waals surface area contributed by atoms with Gasteiger partial charge in [-0.1, -0.05) is 22.0 Å². The van der Waals surface area contributed by atoms with Gasteiger partial charge >= 0.3 is 29.9 Å². The summed E-state index contributed by atoms with van der Waals surface area (Å²) in [5, 5.41) is 16.4. The number of aliphatic hydroxyl groups is 1. The second kappa shape index (κ2) is 13.8. The first kappa shape index (κ1) is 33.9. The molecule has 0 amide bonds. The van der Waals surface area contributed by atoms with Crippen LogP contribution in [0.5, 0.6) is 5.88 Å². The van der Waals surface area contributed by atoms with Crippen molar-refractivity contribution in [3.05, 3.63) is 45.3 Å². The molecule has 0 aliphatic carbocycles. The van der Waals surface area contributed by atoms with E-state index in [9.17, 15) is 28.7 Å². The van der Waals surface area contributed by atoms with Gasteiger partial charge in [-0.3, -0.25) is 23.9 Å². The average Bonchev–Trinajstić information content (AvgIpc) is 3.17. The number of carbonyl (C=O) groups is 4. The summed E-state index contributed by atoms with van der Waals surface area (Å²) in [7, 11) is 0. The Bertz CT molecular complexity index is 1380. The Morgan fingerprint density at radius 1 is 1.05 bits per heavy atom. The fourth-order valence-electron chi connectivity index (χ4n) is 4.64. The van der Waals surface area contributed by atoms with Gasteiger partial charge in [0.1, 0.15) is 18.5 Å². The maximum Gasteiger partial charge on any atom is 0.369 e. The van der Waals surface area contributed by atoms with Gasteiger partial charge in [-0.2, -0.15) is 0 Å². The monoisotopic (exact) mass is 672 g/mol. The lowest BCUT2D eigenvalue weighted by Gasteiger charge is -2.47. The summed E-state index contributed by atoms with van der Waals surface area (Å²) in [6, 6.07) is 4.33. The molecule has 5 atom stereocenters. The molecule has 13 nitrogen and oxygen atoms in total. The van der Waals surface area contributed by atoms with Crippen LogP contribution in [0.1, 0.15) is 64.4 Å². The molecule has 0 radical (unpaired) electrons. The number of ether oxygens (including phenoxy) is 6. The summed E-state index contributed by atoms with van der Waals surface area (Å²) in [6.45, 7) is 9.09. The van der Waals surface area contributed by atoms with E-state index in [2.05, 4.69) is 21.0 Å². The number of benzene rings is 1. The summed E-state index contributed by atoms with van der Waals surface area (Å²) in [5.41, 5.74) is 1.21. The predicted octanol–water partition coefficient (Wildman–Crippen LogP) is 3.05. The van der Waals surface area contributed by atoms with Gasteiger partial charge in [0.15, 0.2) is 12.2 Å². The van der Waals surface area contributed by atoms with E-state index >= 15 is 0 Å². The van der Waals surface area contributed by atoms with Gasteiger partial charge in [-0.05, 0) is 38.5 Å². The summed E-state index contributed by atoms with van der Waals surface area (Å²) in [4.78, 5) is 48.0. The summed E-state index contributed by atoms with van der Waals surface area (Å²) >= 11 is 3.23. The van der Waals surface area contributed by atoms with Crippen molar-refractivity contribution in [2.75, 3.05) is 6.61 Å². The smallest absolute Gasteiger partial charge is 0.369 e. The third-order valence-corrected chi connectivity index (χ3v) is 6.86. The van der Waals surface area contributed by atoms with E-state index in [0.29, 0.717) is 15.7 Å². The standard InChI is InChI=1S/C28H34BrFN2O11/c1-13(2)32-14(3)21(10-19-8-9-20(29)11-22(19)30)27(31-32)43-28(37)26(41-18(7)36)25(40-17(6)35)24(39-16(5)34)23(42-28)12-38-15(4)33/h8-9,11,13,23-26,37H,10,12H2,1-7H3/t23-,24-,25+,26-,28+/m1/s1. The van der Waals surface area contributed by atoms with Crippen molar-refractivity contribution < 1.29 is 57.1 Å². The first-order chi connectivity index (χ1) is 20.0. The Labute approximate surface area is 255 Å². The fraction of sp³-hybridized carbons (Fsp3) is 0.536. The van der Waals surface area contributed by atoms with Gasteiger partial charge in [0.25, 0.3) is 0 Å². The number of halogens is 2. The largest absolute Gasteiger partial charge is 0.463 e. The van der Waals surface area contributed by atoms with Crippen LogP contribution in [0.15, 0.2) is 22.7 Å². The minimum absolute atomic E-state index is 0.0262. The van der Waals surface area contributed by atoms with E-state index in [4.69, 9.17) is 28.4 Å². The molecule has 2 aromatic rings. The Hall–Kier alpha value is -3.56. The Morgan fingerprint density at radius 2 is 1.65 bits per heavy atom. The molecule has 1 fully saturated rings. The molecule has 1 aromatic carbocycles. The maximum absolute atomic E-state index is 14.9. The highest BCUT2D eigenvalue weighted by Crippen LogP contribution is 2.38. The molecular weight excluding hydrogens is 639 g/mol. The van der Waals surface area contributed by atoms with Gasteiger partial charge in [0.2, 0.25) is 12.0 Å². The van der Waals surface area contributed by atoms with Gasteiger partial charge in [-0.25, -0.2) is 4.39 Å². The van der Waals surface area contributed by atoms with Crippen LogP contribution in [-0.4, -0.2) is 75.8 Å². The maximum atomic E-state index is 14.9. The molecule has 0 spiro atoms. The SMILES string of the molecule is CC(=O)OC[C@H]1O[C@](O)(Oc2nn(C(C)C)c(C)c2Cc2ccc(Br)cc2F)[C@H](OC(C)=O)[C@@H](OC(C)=O)[C@@H]1OC(C)=O. The van der Waals surface area contributed by atoms with Crippen molar-refractivity contribution in [2.24, 2.45) is 0 Å². The van der Waals surface area contributed by atoms with Gasteiger partial charge < -0.3 is 33.5 Å². The quantitative estimate of drug-likeness (QED) is 0.223. The highest BCUT2D eigenvalue weighted by molar-refractivity contribution is 9.10. The molecule has 3 rings (SSSR count). The van der Waals surface area contributed by atoms with Gasteiger partial charge in [-0.15, -0.1) is 5.10 Å². The number of esters is 4. The molecule has 236 valence electrons. The lowest BCUT2D eigenvalue weighted by Crippen LogP contribution is -2.70. The Balaban J connectivity index is 2.17. The first-order valence-electron chi connectivity index (χ1n) is 13.3. The number of hydrogen-bond acceptors (Lipinski definition) is 12. The van der Waals surface area contributed by atoms with E-state index in [1.165, 1.54) is 6.07 Å². The van der Waals surface area contributed by atoms with E-state index in [1.807, 2.05) is 13.8 Å². The summed E-state index contributed by atoms with van der Waals surface area (Å²) < 4.78 is 49.8. The third kappa shape index (κ3) is 8.30. The Morgan fingerprint density at radius 3 is 2.19 bits per heavy atom. The summed E-state index contributed by atoms with van der Waals surface area (Å²) in [5.74, 6) is -7.06. The van der Waals surface area contributed by atoms with Crippen molar-refractivity contribution in [3.8, 4) is 5.88 Å². The molecule has 0 unspecified atom stereocenters. The van der Waals surface area contributed by atoms with E-state index in [1.54, 1.807) is 23.7 Å². The number of aromatic nitrogens is 2. The lowest BCUT2D eigenvalue weighted by molar-refractivity contribution is -0.422. The van der Waals surface area contributed by atoms with Crippen molar-refractivity contribution in [1.29, 1.82) is 0 Å². The number of carbonyl (C=O) groups excluding carboxylic acids is 4. The van der Waals surface area contributed by atoms with Gasteiger partial charge in [0.05, 0.1) is 0 Å². The molecule has 2 heterocycles. The number of hydrogen-bond donors (Lipinski definition) is 1. The van der Waals surface area contributed by atoms with Crippen LogP contribution < -0.4 is 4.74 Å². The summed E-state index contributed by atoms with van der Waals surface area (Å²) in [6.07, 6.45) is -6.64. The molecule has 43 heavy (non-hydrogen) atoms. The molecular formula is C28H34BrFN2O11. The Kier molecular flexibility index (Phi) is 10.9. The highest BCUT2D eigenvalue weighted by Gasteiger charge is 2.62. The van der Waals surface area contributed by atoms with Crippen LogP contribution in [0.4, 0.5) is 4.39 Å². The fourth-order valence-corrected chi connectivity index (χ4v) is 4.97. The number of rotatable bonds is 10. The van der Waals surface area contributed by atoms with Crippen molar-refractivity contribution in [3.63, 3.8) is 0 Å². The van der Waals surface area contributed by atoms with Crippen LogP contribution in [0, 0.1) is 12.7 Å². The minimum Gasteiger partial charge on any atom is -0.463 e. The normalized spacial score (nSPS) is 23.4. The zero-order valence-electron chi connectivity index (χ0n) is 24.7. The first-order valence-corrected chi connectivity index (χ1v) is 14.1. The molecule has 15 heteroatoms. The average molecular weight is 673 g/mol. The van der Waals surface area contributed by atoms with Crippen LogP contribution in [0.3, 0.4) is 0 Å². The van der Waals surface area contributed by atoms with Crippen LogP contribution in [0.2, 0.25) is 0 Å². The molecule has 1 aliphatic rings. The zero-order chi connectivity index (χ0) is 32.2. The lowest BCUT2D eigenvalue weighted by atomic mass is 9.96. The third-order valence-electron chi connectivity index (χ3n) is 6.37. The number of nitrogens with zero attached hydrogens (tertiary/aromatic N) is 2. The van der Waals surface area contributed by atoms with Crippen LogP contribution in [0.25, 0.3) is 0 Å². The molecule has 0 saturated carbocycles. The van der Waals surface area contributed by atoms with Crippen molar-refractivity contribution in [1.82, 2.24) is 9.78 Å². The zero-order valence-corrected chi connectivity index (χ0v) is 26.3. The van der Waals surface area contributed by atoms with E-state index < -0.39 is 66.7 Å². The molecule has 1 aromatic heterocycles. The molecule has 1 saturated heterocycles. The topological polar surface area (TPSA) is 162 Å². The predicted molar refractivity (Wildman–Crippen MR) is 148 cm³/mol. The highest BCUT2D eigenvalue weighted by atomic mass is 79.9.